The van der Waals surface area contributed by atoms with E-state index in [1.807, 2.05) is 24.3 Å². The van der Waals surface area contributed by atoms with Crippen molar-refractivity contribution >= 4 is 11.6 Å². The lowest BCUT2D eigenvalue weighted by molar-refractivity contribution is -0.135. The molecule has 0 spiro atoms. The molecule has 0 aliphatic carbocycles. The van der Waals surface area contributed by atoms with Crippen molar-refractivity contribution < 1.29 is 5.11 Å². The molecule has 1 N–H and O–H groups in total. The Hall–Kier alpha value is -2.17. The minimum atomic E-state index is -1.05. The van der Waals surface area contributed by atoms with Gasteiger partial charge in [-0.1, -0.05) is 90.8 Å². The number of benzene rings is 3. The first kappa shape index (κ1) is 24.0. The van der Waals surface area contributed by atoms with E-state index >= 15 is 0 Å². The molecular weight excluding hydrogens is 428 g/mol. The molecule has 1 aliphatic rings. The van der Waals surface area contributed by atoms with Gasteiger partial charge in [0.25, 0.3) is 0 Å². The monoisotopic (exact) mass is 462 g/mol. The predicted molar refractivity (Wildman–Crippen MR) is 137 cm³/mol. The summed E-state index contributed by atoms with van der Waals surface area (Å²) in [5, 5.41) is 13.0. The van der Waals surface area contributed by atoms with E-state index in [0.29, 0.717) is 11.4 Å². The number of halogens is 1. The first-order valence-corrected chi connectivity index (χ1v) is 12.4. The largest absolute Gasteiger partial charge is 0.371 e. The van der Waals surface area contributed by atoms with E-state index < -0.39 is 5.72 Å². The number of piperidine rings is 1. The van der Waals surface area contributed by atoms with Gasteiger partial charge in [-0.2, -0.15) is 0 Å². The van der Waals surface area contributed by atoms with Crippen LogP contribution in [0.3, 0.4) is 0 Å². The van der Waals surface area contributed by atoms with Crippen LogP contribution in [0, 0.1) is 0 Å². The van der Waals surface area contributed by atoms with Gasteiger partial charge in [0.2, 0.25) is 0 Å². The van der Waals surface area contributed by atoms with Crippen molar-refractivity contribution in [2.45, 2.75) is 43.4 Å². The zero-order chi connectivity index (χ0) is 23.3. The van der Waals surface area contributed by atoms with Crippen LogP contribution in [0.15, 0.2) is 84.9 Å². The molecule has 4 rings (SSSR count). The van der Waals surface area contributed by atoms with Gasteiger partial charge >= 0.3 is 0 Å². The van der Waals surface area contributed by atoms with Crippen LogP contribution in [-0.4, -0.2) is 42.1 Å². The highest BCUT2D eigenvalue weighted by Crippen LogP contribution is 2.43. The summed E-state index contributed by atoms with van der Waals surface area (Å²) in [4.78, 5) is 4.58. The summed E-state index contributed by atoms with van der Waals surface area (Å²) in [7, 11) is 4.28. The molecule has 1 unspecified atom stereocenters. The second-order valence-electron chi connectivity index (χ2n) is 9.36. The van der Waals surface area contributed by atoms with Gasteiger partial charge in [0.05, 0.1) is 5.54 Å². The molecule has 1 fully saturated rings. The maximum atomic E-state index is 12.3. The van der Waals surface area contributed by atoms with Crippen LogP contribution >= 0.6 is 11.6 Å². The second kappa shape index (κ2) is 10.4. The molecule has 0 bridgehead atoms. The zero-order valence-corrected chi connectivity index (χ0v) is 20.5. The number of likely N-dealkylation sites (tertiary alicyclic amines) is 1. The third-order valence-corrected chi connectivity index (χ3v) is 7.54. The van der Waals surface area contributed by atoms with Crippen LogP contribution < -0.4 is 0 Å². The van der Waals surface area contributed by atoms with E-state index in [0.717, 1.165) is 37.9 Å². The number of hydrogen-bond acceptors (Lipinski definition) is 3. The quantitative estimate of drug-likeness (QED) is 0.428. The fourth-order valence-electron chi connectivity index (χ4n) is 5.44. The van der Waals surface area contributed by atoms with Crippen LogP contribution in [0.25, 0.3) is 0 Å². The molecule has 3 nitrogen and oxygen atoms in total. The van der Waals surface area contributed by atoms with Crippen LogP contribution in [0.4, 0.5) is 0 Å². The molecule has 3 aromatic rings. The molecule has 0 amide bonds. The fourth-order valence-corrected chi connectivity index (χ4v) is 5.57. The topological polar surface area (TPSA) is 26.7 Å². The van der Waals surface area contributed by atoms with Gasteiger partial charge in [0.15, 0.2) is 0 Å². The average molecular weight is 463 g/mol. The Kier molecular flexibility index (Phi) is 7.55. The van der Waals surface area contributed by atoms with Crippen molar-refractivity contribution in [1.29, 1.82) is 0 Å². The van der Waals surface area contributed by atoms with Gasteiger partial charge < -0.3 is 5.11 Å². The summed E-state index contributed by atoms with van der Waals surface area (Å²) in [5.74, 6) is 0. The van der Waals surface area contributed by atoms with Crippen molar-refractivity contribution in [1.82, 2.24) is 9.80 Å². The van der Waals surface area contributed by atoms with E-state index in [1.165, 1.54) is 17.5 Å². The standard InChI is InChI=1S/C29H35ClN2O/c1-31(2)28(24-12-6-3-7-13-24,25-14-8-4-9-15-25)20-21-29(33,32-22-10-5-11-23-32)26-16-18-27(30)19-17-26/h3-4,6-9,12-19,33H,5,10-11,20-23H2,1-2H3. The van der Waals surface area contributed by atoms with Gasteiger partial charge in [-0.25, -0.2) is 0 Å². The summed E-state index contributed by atoms with van der Waals surface area (Å²) in [5.41, 5.74) is 1.98. The number of nitrogens with zero attached hydrogens (tertiary/aromatic N) is 2. The maximum Gasteiger partial charge on any atom is 0.144 e. The van der Waals surface area contributed by atoms with Gasteiger partial charge in [-0.3, -0.25) is 9.80 Å². The van der Waals surface area contributed by atoms with E-state index in [9.17, 15) is 5.11 Å². The molecule has 0 radical (unpaired) electrons. The lowest BCUT2D eigenvalue weighted by Gasteiger charge is -2.47. The first-order valence-electron chi connectivity index (χ1n) is 12.0. The average Bonchev–Trinajstić information content (AvgIpc) is 2.86. The Bertz CT molecular complexity index is 961. The summed E-state index contributed by atoms with van der Waals surface area (Å²) >= 11 is 6.20. The molecule has 1 saturated heterocycles. The molecule has 33 heavy (non-hydrogen) atoms. The Morgan fingerprint density at radius 2 is 1.24 bits per heavy atom. The van der Waals surface area contributed by atoms with Crippen molar-refractivity contribution in [3.63, 3.8) is 0 Å². The van der Waals surface area contributed by atoms with Gasteiger partial charge in [-0.15, -0.1) is 0 Å². The SMILES string of the molecule is CN(C)C(CCC(O)(c1ccc(Cl)cc1)N1CCCCC1)(c1ccccc1)c1ccccc1. The lowest BCUT2D eigenvalue weighted by atomic mass is 9.76. The van der Waals surface area contributed by atoms with E-state index in [2.05, 4.69) is 84.6 Å². The van der Waals surface area contributed by atoms with Crippen LogP contribution in [0.1, 0.15) is 48.8 Å². The summed E-state index contributed by atoms with van der Waals surface area (Å²) in [6.45, 7) is 1.82. The smallest absolute Gasteiger partial charge is 0.144 e. The summed E-state index contributed by atoms with van der Waals surface area (Å²) < 4.78 is 0. The Morgan fingerprint density at radius 1 is 0.727 bits per heavy atom. The van der Waals surface area contributed by atoms with Crippen LogP contribution in [-0.2, 0) is 11.3 Å². The number of rotatable bonds is 8. The molecule has 1 aliphatic heterocycles. The zero-order valence-electron chi connectivity index (χ0n) is 19.8. The Morgan fingerprint density at radius 3 is 1.73 bits per heavy atom. The van der Waals surface area contributed by atoms with Crippen molar-refractivity contribution in [2.75, 3.05) is 27.2 Å². The molecule has 1 atom stereocenters. The minimum Gasteiger partial charge on any atom is -0.371 e. The normalized spacial score (nSPS) is 17.1. The highest BCUT2D eigenvalue weighted by molar-refractivity contribution is 6.30. The lowest BCUT2D eigenvalue weighted by Crippen LogP contribution is -2.51. The molecule has 0 aromatic heterocycles. The van der Waals surface area contributed by atoms with E-state index in [-0.39, 0.29) is 5.54 Å². The van der Waals surface area contributed by atoms with Gasteiger partial charge in [0.1, 0.15) is 5.72 Å². The molecule has 4 heteroatoms. The summed E-state index contributed by atoms with van der Waals surface area (Å²) in [6, 6.07) is 29.1. The second-order valence-corrected chi connectivity index (χ2v) is 9.79. The molecule has 1 heterocycles. The minimum absolute atomic E-state index is 0.362. The van der Waals surface area contributed by atoms with Crippen molar-refractivity contribution in [3.8, 4) is 0 Å². The Balaban J connectivity index is 1.78. The highest BCUT2D eigenvalue weighted by atomic mass is 35.5. The molecule has 174 valence electrons. The third-order valence-electron chi connectivity index (χ3n) is 7.29. The van der Waals surface area contributed by atoms with Crippen molar-refractivity contribution in [2.24, 2.45) is 0 Å². The first-order chi connectivity index (χ1) is 16.0. The van der Waals surface area contributed by atoms with E-state index in [1.54, 1.807) is 0 Å². The molecule has 0 saturated carbocycles. The van der Waals surface area contributed by atoms with Crippen molar-refractivity contribution in [3.05, 3.63) is 107 Å². The van der Waals surface area contributed by atoms with Crippen LogP contribution in [0.2, 0.25) is 5.02 Å². The molecular formula is C29H35ClN2O. The highest BCUT2D eigenvalue weighted by Gasteiger charge is 2.43. The summed E-state index contributed by atoms with van der Waals surface area (Å²) in [6.07, 6.45) is 4.83. The number of aliphatic hydroxyl groups is 1. The molecule has 3 aromatic carbocycles. The van der Waals surface area contributed by atoms with Crippen LogP contribution in [0.5, 0.6) is 0 Å². The predicted octanol–water partition coefficient (Wildman–Crippen LogP) is 6.26. The maximum absolute atomic E-state index is 12.3. The van der Waals surface area contributed by atoms with Gasteiger partial charge in [-0.05, 0) is 68.6 Å². The number of hydrogen-bond donors (Lipinski definition) is 1. The third kappa shape index (κ3) is 4.88. The fraction of sp³-hybridized carbons (Fsp3) is 0.379. The Labute approximate surface area is 203 Å². The van der Waals surface area contributed by atoms with Gasteiger partial charge in [0, 0.05) is 18.1 Å². The van der Waals surface area contributed by atoms with E-state index in [4.69, 9.17) is 11.6 Å².